The molecule has 0 N–H and O–H groups in total. The fourth-order valence-corrected chi connectivity index (χ4v) is 3.73. The fraction of sp³-hybridized carbons (Fsp3) is 0.647. The molecule has 4 heterocycles. The Labute approximate surface area is 141 Å². The number of hydrogen-bond donors (Lipinski definition) is 0. The monoisotopic (exact) mass is 328 g/mol. The predicted octanol–water partition coefficient (Wildman–Crippen LogP) is 2.10. The van der Waals surface area contributed by atoms with Crippen LogP contribution in [0, 0.1) is 4.91 Å². The first-order chi connectivity index (χ1) is 11.8. The van der Waals surface area contributed by atoms with Crippen molar-refractivity contribution in [3.05, 3.63) is 28.9 Å². The van der Waals surface area contributed by atoms with Crippen LogP contribution in [0.25, 0.3) is 5.65 Å². The quantitative estimate of drug-likeness (QED) is 0.787. The van der Waals surface area contributed by atoms with Gasteiger partial charge in [0.2, 0.25) is 0 Å². The second kappa shape index (κ2) is 6.84. The van der Waals surface area contributed by atoms with Crippen LogP contribution in [0.3, 0.4) is 0 Å². The minimum Gasteiger partial charge on any atom is -0.357 e. The number of hydrogen-bond acceptors (Lipinski definition) is 6. The molecule has 2 fully saturated rings. The highest BCUT2D eigenvalue weighted by Gasteiger charge is 2.20. The van der Waals surface area contributed by atoms with Crippen molar-refractivity contribution >= 4 is 11.5 Å². The van der Waals surface area contributed by atoms with Crippen LogP contribution >= 0.6 is 0 Å². The summed E-state index contributed by atoms with van der Waals surface area (Å²) in [6.07, 6.45) is 9.18. The van der Waals surface area contributed by atoms with Gasteiger partial charge in [-0.05, 0) is 38.2 Å². The Morgan fingerprint density at radius 2 is 1.96 bits per heavy atom. The fourth-order valence-electron chi connectivity index (χ4n) is 3.73. The lowest BCUT2D eigenvalue weighted by atomic mass is 10.1. The largest absolute Gasteiger partial charge is 0.357 e. The van der Waals surface area contributed by atoms with Crippen molar-refractivity contribution in [2.24, 2.45) is 5.18 Å². The van der Waals surface area contributed by atoms with Gasteiger partial charge in [-0.2, -0.15) is 10.0 Å². The van der Waals surface area contributed by atoms with Crippen LogP contribution < -0.4 is 4.90 Å². The van der Waals surface area contributed by atoms with Crippen LogP contribution in [0.5, 0.6) is 0 Å². The lowest BCUT2D eigenvalue weighted by molar-refractivity contribution is 0.216. The maximum atomic E-state index is 10.6. The van der Waals surface area contributed by atoms with Crippen molar-refractivity contribution < 1.29 is 0 Å². The Hall–Kier alpha value is -2.02. The van der Waals surface area contributed by atoms with Crippen molar-refractivity contribution in [3.8, 4) is 0 Å². The second-order valence-corrected chi connectivity index (χ2v) is 6.85. The first-order valence-electron chi connectivity index (χ1n) is 8.96. The van der Waals surface area contributed by atoms with Gasteiger partial charge >= 0.3 is 0 Å². The summed E-state index contributed by atoms with van der Waals surface area (Å²) < 4.78 is 1.87. The zero-order chi connectivity index (χ0) is 16.4. The minimum atomic E-state index is 0.0166. The normalized spacial score (nSPS) is 20.1. The smallest absolute Gasteiger partial charge is 0.160 e. The van der Waals surface area contributed by atoms with E-state index in [9.17, 15) is 4.91 Å². The predicted molar refractivity (Wildman–Crippen MR) is 93.4 cm³/mol. The minimum absolute atomic E-state index is 0.0166. The summed E-state index contributed by atoms with van der Waals surface area (Å²) in [5, 5.41) is 7.61. The van der Waals surface area contributed by atoms with Gasteiger partial charge in [0, 0.05) is 44.5 Å². The van der Waals surface area contributed by atoms with Crippen LogP contribution in [-0.4, -0.2) is 58.3 Å². The third-order valence-corrected chi connectivity index (χ3v) is 5.26. The first kappa shape index (κ1) is 15.5. The number of piperidine rings is 1. The van der Waals surface area contributed by atoms with Gasteiger partial charge in [0.15, 0.2) is 5.65 Å². The van der Waals surface area contributed by atoms with Gasteiger partial charge in [0.1, 0.15) is 5.82 Å². The van der Waals surface area contributed by atoms with Crippen LogP contribution in [0.2, 0.25) is 0 Å². The molecule has 0 bridgehead atoms. The molecular formula is C17H24N6O. The van der Waals surface area contributed by atoms with Gasteiger partial charge < -0.3 is 9.80 Å². The van der Waals surface area contributed by atoms with E-state index in [1.54, 1.807) is 0 Å². The van der Waals surface area contributed by atoms with Crippen molar-refractivity contribution in [1.29, 1.82) is 0 Å². The summed E-state index contributed by atoms with van der Waals surface area (Å²) >= 11 is 0. The van der Waals surface area contributed by atoms with E-state index < -0.39 is 0 Å². The van der Waals surface area contributed by atoms with E-state index in [0.29, 0.717) is 0 Å². The topological polar surface area (TPSA) is 66.1 Å². The standard InChI is InChI=1S/C17H24N6O/c24-20-15-4-10-21(11-5-15)9-3-14-13-18-23-12-6-16(19-17(14)23)22-7-1-2-8-22/h6,12-13,15H,1-5,7-11H2. The molecular weight excluding hydrogens is 304 g/mol. The Morgan fingerprint density at radius 1 is 1.17 bits per heavy atom. The third kappa shape index (κ3) is 3.13. The Bertz CT molecular complexity index is 700. The number of anilines is 1. The molecule has 24 heavy (non-hydrogen) atoms. The molecule has 4 rings (SSSR count). The zero-order valence-electron chi connectivity index (χ0n) is 14.0. The van der Waals surface area contributed by atoms with Crippen molar-refractivity contribution in [3.63, 3.8) is 0 Å². The highest BCUT2D eigenvalue weighted by molar-refractivity contribution is 5.53. The molecule has 0 aromatic carbocycles. The lowest BCUT2D eigenvalue weighted by Gasteiger charge is -2.28. The number of likely N-dealkylation sites (tertiary alicyclic amines) is 1. The third-order valence-electron chi connectivity index (χ3n) is 5.26. The molecule has 2 saturated heterocycles. The van der Waals surface area contributed by atoms with E-state index in [2.05, 4.69) is 26.1 Å². The van der Waals surface area contributed by atoms with E-state index in [1.165, 1.54) is 18.4 Å². The van der Waals surface area contributed by atoms with Gasteiger partial charge in [0.25, 0.3) is 0 Å². The molecule has 0 aliphatic carbocycles. The summed E-state index contributed by atoms with van der Waals surface area (Å²) in [5.74, 6) is 1.07. The summed E-state index contributed by atoms with van der Waals surface area (Å²) in [7, 11) is 0. The van der Waals surface area contributed by atoms with E-state index in [1.807, 2.05) is 16.9 Å². The van der Waals surface area contributed by atoms with Gasteiger partial charge in [-0.15, -0.1) is 0 Å². The van der Waals surface area contributed by atoms with Crippen LogP contribution in [-0.2, 0) is 6.42 Å². The molecule has 2 aliphatic rings. The lowest BCUT2D eigenvalue weighted by Crippen LogP contribution is -2.36. The molecule has 0 unspecified atom stereocenters. The molecule has 2 aromatic heterocycles. The van der Waals surface area contributed by atoms with Gasteiger partial charge in [-0.25, -0.2) is 9.50 Å². The summed E-state index contributed by atoms with van der Waals surface area (Å²) in [6.45, 7) is 5.12. The van der Waals surface area contributed by atoms with Gasteiger partial charge in [-0.3, -0.25) is 0 Å². The first-order valence-corrected chi connectivity index (χ1v) is 8.96. The number of nitrogens with zero attached hydrogens (tertiary/aromatic N) is 6. The summed E-state index contributed by atoms with van der Waals surface area (Å²) in [6, 6.07) is 2.08. The highest BCUT2D eigenvalue weighted by atomic mass is 16.3. The highest BCUT2D eigenvalue weighted by Crippen LogP contribution is 2.20. The summed E-state index contributed by atoms with van der Waals surface area (Å²) in [5.41, 5.74) is 2.18. The summed E-state index contributed by atoms with van der Waals surface area (Å²) in [4.78, 5) is 20.2. The van der Waals surface area contributed by atoms with Gasteiger partial charge in [-0.1, -0.05) is 5.18 Å². The molecule has 2 aromatic rings. The SMILES string of the molecule is O=NC1CCN(CCc2cnn3ccc(N4CCCC4)nc23)CC1. The number of fused-ring (bicyclic) bond motifs is 1. The van der Waals surface area contributed by atoms with Crippen molar-refractivity contribution in [2.45, 2.75) is 38.1 Å². The Kier molecular flexibility index (Phi) is 4.42. The second-order valence-electron chi connectivity index (χ2n) is 6.85. The maximum Gasteiger partial charge on any atom is 0.160 e. The number of nitroso groups, excluding NO2 is 1. The van der Waals surface area contributed by atoms with Crippen LogP contribution in [0.4, 0.5) is 5.82 Å². The van der Waals surface area contributed by atoms with Gasteiger partial charge in [0.05, 0.1) is 12.2 Å². The zero-order valence-corrected chi connectivity index (χ0v) is 14.0. The van der Waals surface area contributed by atoms with Crippen molar-refractivity contribution in [2.75, 3.05) is 37.6 Å². The molecule has 0 spiro atoms. The molecule has 7 nitrogen and oxygen atoms in total. The number of aromatic nitrogens is 3. The van der Waals surface area contributed by atoms with E-state index in [4.69, 9.17) is 4.98 Å². The van der Waals surface area contributed by atoms with Crippen LogP contribution in [0.15, 0.2) is 23.6 Å². The Morgan fingerprint density at radius 3 is 2.71 bits per heavy atom. The molecule has 0 radical (unpaired) electrons. The molecule has 0 atom stereocenters. The Balaban J connectivity index is 1.44. The maximum absolute atomic E-state index is 10.6. The van der Waals surface area contributed by atoms with E-state index in [0.717, 1.165) is 63.5 Å². The average Bonchev–Trinajstić information content (AvgIpc) is 3.30. The molecule has 7 heteroatoms. The number of rotatable bonds is 5. The van der Waals surface area contributed by atoms with Crippen LogP contribution in [0.1, 0.15) is 31.2 Å². The molecule has 0 amide bonds. The van der Waals surface area contributed by atoms with Crippen molar-refractivity contribution in [1.82, 2.24) is 19.5 Å². The van der Waals surface area contributed by atoms with E-state index in [-0.39, 0.29) is 6.04 Å². The van der Waals surface area contributed by atoms with E-state index >= 15 is 0 Å². The molecule has 0 saturated carbocycles. The molecule has 2 aliphatic heterocycles. The average molecular weight is 328 g/mol. The molecule has 128 valence electrons.